The summed E-state index contributed by atoms with van der Waals surface area (Å²) in [5, 5.41) is 0. The molecule has 2 heteroatoms. The first kappa shape index (κ1) is 9.53. The molecule has 72 valence electrons. The first-order valence-electron chi connectivity index (χ1n) is 4.82. The second-order valence-electron chi connectivity index (χ2n) is 3.26. The summed E-state index contributed by atoms with van der Waals surface area (Å²) in [5.41, 5.74) is 2.37. The molecular weight excluding hydrogens is 190 g/mol. The fourth-order valence-corrected chi connectivity index (χ4v) is 2.45. The molecule has 0 aliphatic carbocycles. The van der Waals surface area contributed by atoms with Crippen molar-refractivity contribution in [1.29, 1.82) is 0 Å². The fourth-order valence-electron chi connectivity index (χ4n) is 1.45. The maximum absolute atomic E-state index is 4.45. The minimum absolute atomic E-state index is 1.06. The van der Waals surface area contributed by atoms with Crippen LogP contribution in [0.2, 0.25) is 0 Å². The standard InChI is InChI=1S/C12H13NS/c1-3-11-9(2)13-8-10-6-4-5-7-12(10)14-11/h4-8H,3H2,1-2H3. The summed E-state index contributed by atoms with van der Waals surface area (Å²) in [6.45, 7) is 4.25. The van der Waals surface area contributed by atoms with Gasteiger partial charge in [0.05, 0.1) is 0 Å². The van der Waals surface area contributed by atoms with Gasteiger partial charge in [-0.2, -0.15) is 0 Å². The van der Waals surface area contributed by atoms with Gasteiger partial charge in [0.15, 0.2) is 0 Å². The molecule has 1 aliphatic rings. The van der Waals surface area contributed by atoms with E-state index < -0.39 is 0 Å². The third kappa shape index (κ3) is 1.75. The van der Waals surface area contributed by atoms with Gasteiger partial charge >= 0.3 is 0 Å². The Morgan fingerprint density at radius 1 is 1.29 bits per heavy atom. The van der Waals surface area contributed by atoms with Crippen LogP contribution in [0.3, 0.4) is 0 Å². The van der Waals surface area contributed by atoms with Crippen LogP contribution in [0.15, 0.2) is 44.8 Å². The van der Waals surface area contributed by atoms with E-state index in [-0.39, 0.29) is 0 Å². The van der Waals surface area contributed by atoms with Crippen molar-refractivity contribution in [1.82, 2.24) is 0 Å². The van der Waals surface area contributed by atoms with Crippen molar-refractivity contribution in [2.75, 3.05) is 0 Å². The third-order valence-electron chi connectivity index (χ3n) is 2.27. The van der Waals surface area contributed by atoms with E-state index in [1.54, 1.807) is 0 Å². The van der Waals surface area contributed by atoms with E-state index in [4.69, 9.17) is 0 Å². The highest BCUT2D eigenvalue weighted by atomic mass is 32.2. The van der Waals surface area contributed by atoms with Gasteiger partial charge in [0.2, 0.25) is 0 Å². The summed E-state index contributed by atoms with van der Waals surface area (Å²) in [6.07, 6.45) is 3.02. The first-order valence-corrected chi connectivity index (χ1v) is 5.63. The van der Waals surface area contributed by atoms with Gasteiger partial charge in [0.1, 0.15) is 0 Å². The van der Waals surface area contributed by atoms with Crippen molar-refractivity contribution in [2.45, 2.75) is 25.2 Å². The maximum Gasteiger partial charge on any atom is 0.0471 e. The molecule has 14 heavy (non-hydrogen) atoms. The molecule has 1 aromatic carbocycles. The zero-order valence-electron chi connectivity index (χ0n) is 8.45. The summed E-state index contributed by atoms with van der Waals surface area (Å²) in [7, 11) is 0. The Balaban J connectivity index is 2.46. The average molecular weight is 203 g/mol. The molecule has 1 heterocycles. The number of aliphatic imine (C=N–C) groups is 1. The first-order chi connectivity index (χ1) is 6.81. The molecule has 1 aromatic rings. The molecule has 0 unspecified atom stereocenters. The second kappa shape index (κ2) is 4.01. The highest BCUT2D eigenvalue weighted by molar-refractivity contribution is 8.03. The molecule has 0 bridgehead atoms. The van der Waals surface area contributed by atoms with E-state index in [0.717, 1.165) is 12.1 Å². The van der Waals surface area contributed by atoms with Gasteiger partial charge in [-0.25, -0.2) is 0 Å². The lowest BCUT2D eigenvalue weighted by atomic mass is 10.2. The molecule has 0 aromatic heterocycles. The maximum atomic E-state index is 4.45. The fraction of sp³-hybridized carbons (Fsp3) is 0.250. The molecular formula is C12H13NS. The molecule has 0 radical (unpaired) electrons. The topological polar surface area (TPSA) is 12.4 Å². The van der Waals surface area contributed by atoms with Crippen LogP contribution in [0.1, 0.15) is 25.8 Å². The van der Waals surface area contributed by atoms with Gasteiger partial charge in [-0.3, -0.25) is 4.99 Å². The van der Waals surface area contributed by atoms with E-state index in [1.807, 2.05) is 18.0 Å². The Morgan fingerprint density at radius 2 is 2.07 bits per heavy atom. The molecule has 0 saturated carbocycles. The highest BCUT2D eigenvalue weighted by Gasteiger charge is 2.09. The van der Waals surface area contributed by atoms with Crippen LogP contribution in [0.5, 0.6) is 0 Å². The third-order valence-corrected chi connectivity index (χ3v) is 3.70. The van der Waals surface area contributed by atoms with Crippen molar-refractivity contribution in [3.05, 3.63) is 40.4 Å². The van der Waals surface area contributed by atoms with Gasteiger partial charge in [-0.15, -0.1) is 0 Å². The molecule has 0 fully saturated rings. The lowest BCUT2D eigenvalue weighted by Gasteiger charge is -2.05. The predicted octanol–water partition coefficient (Wildman–Crippen LogP) is 3.85. The van der Waals surface area contributed by atoms with Crippen molar-refractivity contribution < 1.29 is 0 Å². The van der Waals surface area contributed by atoms with E-state index in [2.05, 4.69) is 43.1 Å². The quantitative estimate of drug-likeness (QED) is 0.675. The SMILES string of the molecule is CCC1=C(C)N=Cc2ccccc2S1. The Morgan fingerprint density at radius 3 is 2.86 bits per heavy atom. The van der Waals surface area contributed by atoms with Crippen LogP contribution in [0, 0.1) is 0 Å². The monoisotopic (exact) mass is 203 g/mol. The number of hydrogen-bond acceptors (Lipinski definition) is 2. The molecule has 0 atom stereocenters. The number of hydrogen-bond donors (Lipinski definition) is 0. The Bertz CT molecular complexity index is 405. The van der Waals surface area contributed by atoms with E-state index in [1.165, 1.54) is 15.4 Å². The summed E-state index contributed by atoms with van der Waals surface area (Å²) in [6, 6.07) is 8.39. The predicted molar refractivity (Wildman–Crippen MR) is 62.9 cm³/mol. The summed E-state index contributed by atoms with van der Waals surface area (Å²) in [4.78, 5) is 7.13. The van der Waals surface area contributed by atoms with Crippen LogP contribution < -0.4 is 0 Å². The van der Waals surface area contributed by atoms with Crippen LogP contribution in [-0.2, 0) is 0 Å². The second-order valence-corrected chi connectivity index (χ2v) is 4.40. The van der Waals surface area contributed by atoms with Crippen LogP contribution in [0.4, 0.5) is 0 Å². The van der Waals surface area contributed by atoms with Crippen molar-refractivity contribution in [2.24, 2.45) is 4.99 Å². The number of thioether (sulfide) groups is 1. The van der Waals surface area contributed by atoms with Gasteiger partial charge in [-0.05, 0) is 19.4 Å². The normalized spacial score (nSPS) is 15.3. The van der Waals surface area contributed by atoms with Crippen LogP contribution >= 0.6 is 11.8 Å². The Hall–Kier alpha value is -1.02. The number of nitrogens with zero attached hydrogens (tertiary/aromatic N) is 1. The van der Waals surface area contributed by atoms with E-state index in [0.29, 0.717) is 0 Å². The molecule has 0 amide bonds. The largest absolute Gasteiger partial charge is 0.260 e. The van der Waals surface area contributed by atoms with Gasteiger partial charge in [0, 0.05) is 27.3 Å². The molecule has 1 aliphatic heterocycles. The minimum atomic E-state index is 1.06. The number of allylic oxidation sites excluding steroid dienone is 2. The molecule has 0 N–H and O–H groups in total. The van der Waals surface area contributed by atoms with Crippen LogP contribution in [0.25, 0.3) is 0 Å². The van der Waals surface area contributed by atoms with Crippen molar-refractivity contribution >= 4 is 18.0 Å². The molecule has 0 saturated heterocycles. The lowest BCUT2D eigenvalue weighted by molar-refractivity contribution is 1.14. The van der Waals surface area contributed by atoms with Crippen LogP contribution in [-0.4, -0.2) is 6.21 Å². The average Bonchev–Trinajstić information content (AvgIpc) is 2.38. The smallest absolute Gasteiger partial charge is 0.0471 e. The molecule has 1 nitrogen and oxygen atoms in total. The van der Waals surface area contributed by atoms with Gasteiger partial charge in [-0.1, -0.05) is 36.9 Å². The molecule has 2 rings (SSSR count). The highest BCUT2D eigenvalue weighted by Crippen LogP contribution is 2.35. The zero-order chi connectivity index (χ0) is 9.97. The molecule has 0 spiro atoms. The summed E-state index contributed by atoms with van der Waals surface area (Å²) in [5.74, 6) is 0. The number of rotatable bonds is 1. The summed E-state index contributed by atoms with van der Waals surface area (Å²) < 4.78 is 0. The zero-order valence-corrected chi connectivity index (χ0v) is 9.27. The lowest BCUT2D eigenvalue weighted by Crippen LogP contribution is -1.82. The number of benzene rings is 1. The van der Waals surface area contributed by atoms with E-state index in [9.17, 15) is 0 Å². The van der Waals surface area contributed by atoms with Crippen molar-refractivity contribution in [3.8, 4) is 0 Å². The summed E-state index contributed by atoms with van der Waals surface area (Å²) >= 11 is 1.84. The Kier molecular flexibility index (Phi) is 2.73. The van der Waals surface area contributed by atoms with Gasteiger partial charge < -0.3 is 0 Å². The van der Waals surface area contributed by atoms with E-state index >= 15 is 0 Å². The minimum Gasteiger partial charge on any atom is -0.260 e. The van der Waals surface area contributed by atoms with Gasteiger partial charge in [0.25, 0.3) is 0 Å². The Labute approximate surface area is 88.9 Å². The number of fused-ring (bicyclic) bond motifs is 1. The van der Waals surface area contributed by atoms with Crippen molar-refractivity contribution in [3.63, 3.8) is 0 Å².